The van der Waals surface area contributed by atoms with Crippen LogP contribution in [0, 0.1) is 13.8 Å². The Balaban J connectivity index is 2.05. The molecule has 3 heteroatoms. The third-order valence-electron chi connectivity index (χ3n) is 4.22. The van der Waals surface area contributed by atoms with E-state index >= 15 is 0 Å². The lowest BCUT2D eigenvalue weighted by Gasteiger charge is -2.33. The van der Waals surface area contributed by atoms with Crippen LogP contribution in [0.5, 0.6) is 0 Å². The zero-order valence-electron chi connectivity index (χ0n) is 13.1. The van der Waals surface area contributed by atoms with E-state index in [9.17, 15) is 4.21 Å². The summed E-state index contributed by atoms with van der Waals surface area (Å²) in [4.78, 5) is 3.97. The first-order valence-corrected chi connectivity index (χ1v) is 8.79. The van der Waals surface area contributed by atoms with Gasteiger partial charge in [0.1, 0.15) is 0 Å². The summed E-state index contributed by atoms with van der Waals surface area (Å²) in [6.45, 7) is 4.15. The van der Waals surface area contributed by atoms with Gasteiger partial charge in [0.15, 0.2) is 0 Å². The van der Waals surface area contributed by atoms with Crippen molar-refractivity contribution in [1.29, 1.82) is 0 Å². The van der Waals surface area contributed by atoms with Crippen LogP contribution in [0.25, 0.3) is 0 Å². The lowest BCUT2D eigenvalue weighted by atomic mass is 10.1. The van der Waals surface area contributed by atoms with Crippen LogP contribution < -0.4 is 4.90 Å². The van der Waals surface area contributed by atoms with Crippen molar-refractivity contribution in [2.45, 2.75) is 23.6 Å². The summed E-state index contributed by atoms with van der Waals surface area (Å²) in [6, 6.07) is 22.5. The number of para-hydroxylation sites is 2. The average molecular weight is 319 g/mol. The first kappa shape index (κ1) is 14.2. The highest BCUT2D eigenvalue weighted by Crippen LogP contribution is 2.47. The minimum atomic E-state index is -1.14. The molecule has 0 saturated heterocycles. The van der Waals surface area contributed by atoms with Gasteiger partial charge in [0, 0.05) is 5.69 Å². The molecule has 3 aromatic carbocycles. The number of nitrogens with zero attached hydrogens (tertiary/aromatic N) is 1. The fourth-order valence-electron chi connectivity index (χ4n) is 3.08. The van der Waals surface area contributed by atoms with Crippen molar-refractivity contribution in [2.75, 3.05) is 4.90 Å². The molecule has 4 rings (SSSR count). The quantitative estimate of drug-likeness (QED) is 0.477. The normalized spacial score (nSPS) is 15.9. The maximum atomic E-state index is 13.0. The smallest absolute Gasteiger partial charge is 0.0892 e. The van der Waals surface area contributed by atoms with Crippen LogP contribution in [0.4, 0.5) is 17.1 Å². The summed E-state index contributed by atoms with van der Waals surface area (Å²) < 4.78 is 13.0. The van der Waals surface area contributed by atoms with E-state index in [2.05, 4.69) is 36.1 Å². The van der Waals surface area contributed by atoms with Gasteiger partial charge >= 0.3 is 0 Å². The topological polar surface area (TPSA) is 20.3 Å². The van der Waals surface area contributed by atoms with Crippen molar-refractivity contribution in [3.05, 3.63) is 77.9 Å². The molecule has 2 nitrogen and oxygen atoms in total. The van der Waals surface area contributed by atoms with E-state index < -0.39 is 10.8 Å². The zero-order chi connectivity index (χ0) is 16.0. The summed E-state index contributed by atoms with van der Waals surface area (Å²) in [5.41, 5.74) is 5.45. The Hall–Kier alpha value is -2.39. The molecule has 0 bridgehead atoms. The Kier molecular flexibility index (Phi) is 3.31. The maximum absolute atomic E-state index is 13.0. The van der Waals surface area contributed by atoms with Crippen LogP contribution in [0.3, 0.4) is 0 Å². The minimum Gasteiger partial charge on any atom is -0.308 e. The summed E-state index contributed by atoms with van der Waals surface area (Å²) in [7, 11) is -1.14. The summed E-state index contributed by atoms with van der Waals surface area (Å²) in [5, 5.41) is 0. The van der Waals surface area contributed by atoms with E-state index in [4.69, 9.17) is 0 Å². The van der Waals surface area contributed by atoms with Gasteiger partial charge in [0.05, 0.1) is 32.0 Å². The highest BCUT2D eigenvalue weighted by molar-refractivity contribution is 7.85. The molecule has 0 saturated carbocycles. The van der Waals surface area contributed by atoms with Crippen molar-refractivity contribution < 1.29 is 4.21 Å². The lowest BCUT2D eigenvalue weighted by molar-refractivity contribution is 0.682. The van der Waals surface area contributed by atoms with Crippen molar-refractivity contribution in [3.63, 3.8) is 0 Å². The van der Waals surface area contributed by atoms with E-state index in [0.717, 1.165) is 32.4 Å². The van der Waals surface area contributed by atoms with Gasteiger partial charge in [-0.15, -0.1) is 0 Å². The Labute approximate surface area is 138 Å². The SMILES string of the molecule is Cc1ccc2c(c1)S(=O)c1ccccc1N2c1ccccc1C. The zero-order valence-corrected chi connectivity index (χ0v) is 13.9. The minimum absolute atomic E-state index is 0.869. The predicted octanol–water partition coefficient (Wildman–Crippen LogP) is 5.25. The Bertz CT molecular complexity index is 932. The Morgan fingerprint density at radius 2 is 1.39 bits per heavy atom. The first-order chi connectivity index (χ1) is 11.2. The molecular weight excluding hydrogens is 302 g/mol. The van der Waals surface area contributed by atoms with Gasteiger partial charge in [0.25, 0.3) is 0 Å². The van der Waals surface area contributed by atoms with E-state index in [-0.39, 0.29) is 0 Å². The third kappa shape index (κ3) is 2.20. The molecule has 23 heavy (non-hydrogen) atoms. The van der Waals surface area contributed by atoms with Gasteiger partial charge in [-0.3, -0.25) is 0 Å². The predicted molar refractivity (Wildman–Crippen MR) is 95.3 cm³/mol. The van der Waals surface area contributed by atoms with Crippen molar-refractivity contribution in [1.82, 2.24) is 0 Å². The molecule has 0 N–H and O–H groups in total. The Morgan fingerprint density at radius 3 is 2.17 bits per heavy atom. The molecule has 114 valence electrons. The summed E-state index contributed by atoms with van der Waals surface area (Å²) in [5.74, 6) is 0. The molecule has 0 aliphatic carbocycles. The average Bonchev–Trinajstić information content (AvgIpc) is 2.57. The monoisotopic (exact) mass is 319 g/mol. The Morgan fingerprint density at radius 1 is 0.739 bits per heavy atom. The lowest BCUT2D eigenvalue weighted by Crippen LogP contribution is -2.20. The molecule has 1 heterocycles. The number of anilines is 3. The van der Waals surface area contributed by atoms with Crippen LogP contribution in [0.15, 0.2) is 76.5 Å². The standard InChI is InChI=1S/C20H17NOS/c1-14-11-12-18-20(13-14)23(22)19-10-6-5-9-17(19)21(18)16-8-4-3-7-15(16)2/h3-13H,1-2H3. The van der Waals surface area contributed by atoms with E-state index in [1.807, 2.05) is 49.4 Å². The summed E-state index contributed by atoms with van der Waals surface area (Å²) >= 11 is 0. The van der Waals surface area contributed by atoms with Crippen LogP contribution in [0.2, 0.25) is 0 Å². The second-order valence-electron chi connectivity index (χ2n) is 5.83. The molecule has 0 spiro atoms. The van der Waals surface area contributed by atoms with E-state index in [0.29, 0.717) is 0 Å². The molecule has 0 aromatic heterocycles. The molecule has 1 unspecified atom stereocenters. The third-order valence-corrected chi connectivity index (χ3v) is 5.69. The number of hydrogen-bond donors (Lipinski definition) is 0. The fourth-order valence-corrected chi connectivity index (χ4v) is 4.51. The summed E-state index contributed by atoms with van der Waals surface area (Å²) in [6.07, 6.45) is 0. The van der Waals surface area contributed by atoms with Gasteiger partial charge in [-0.1, -0.05) is 36.4 Å². The van der Waals surface area contributed by atoms with Crippen molar-refractivity contribution in [3.8, 4) is 0 Å². The highest BCUT2D eigenvalue weighted by Gasteiger charge is 2.29. The molecule has 1 aliphatic heterocycles. The van der Waals surface area contributed by atoms with Crippen LogP contribution >= 0.6 is 0 Å². The fraction of sp³-hybridized carbons (Fsp3) is 0.100. The highest BCUT2D eigenvalue weighted by atomic mass is 32.2. The number of benzene rings is 3. The molecule has 0 fully saturated rings. The maximum Gasteiger partial charge on any atom is 0.0892 e. The van der Waals surface area contributed by atoms with Crippen molar-refractivity contribution in [2.24, 2.45) is 0 Å². The second kappa shape index (κ2) is 5.36. The van der Waals surface area contributed by atoms with Crippen LogP contribution in [-0.2, 0) is 10.8 Å². The van der Waals surface area contributed by atoms with Crippen LogP contribution in [-0.4, -0.2) is 4.21 Å². The molecule has 0 amide bonds. The van der Waals surface area contributed by atoms with Gasteiger partial charge in [-0.25, -0.2) is 4.21 Å². The van der Waals surface area contributed by atoms with Gasteiger partial charge in [0.2, 0.25) is 0 Å². The molecule has 1 aliphatic rings. The van der Waals surface area contributed by atoms with E-state index in [1.54, 1.807) is 0 Å². The van der Waals surface area contributed by atoms with Crippen LogP contribution in [0.1, 0.15) is 11.1 Å². The number of hydrogen-bond acceptors (Lipinski definition) is 2. The number of aryl methyl sites for hydroxylation is 2. The van der Waals surface area contributed by atoms with Gasteiger partial charge in [-0.2, -0.15) is 0 Å². The molecular formula is C20H17NOS. The number of rotatable bonds is 1. The van der Waals surface area contributed by atoms with Gasteiger partial charge < -0.3 is 4.90 Å². The molecule has 3 aromatic rings. The first-order valence-electron chi connectivity index (χ1n) is 7.64. The van der Waals surface area contributed by atoms with Gasteiger partial charge in [-0.05, 0) is 55.3 Å². The largest absolute Gasteiger partial charge is 0.308 e. The molecule has 1 atom stereocenters. The molecule has 0 radical (unpaired) electrons. The second-order valence-corrected chi connectivity index (χ2v) is 7.25. The van der Waals surface area contributed by atoms with Crippen molar-refractivity contribution >= 4 is 27.9 Å². The number of fused-ring (bicyclic) bond motifs is 2. The van der Waals surface area contributed by atoms with E-state index in [1.165, 1.54) is 5.56 Å².